The molecule has 5 heteroatoms. The van der Waals surface area contributed by atoms with Crippen molar-refractivity contribution >= 4 is 5.91 Å². The molecule has 0 saturated carbocycles. The van der Waals surface area contributed by atoms with Gasteiger partial charge >= 0.3 is 0 Å². The Kier molecular flexibility index (Phi) is 2.02. The van der Waals surface area contributed by atoms with E-state index in [1.54, 1.807) is 17.2 Å². The van der Waals surface area contributed by atoms with Crippen LogP contribution in [0.4, 0.5) is 0 Å². The molecule has 1 aromatic heterocycles. The van der Waals surface area contributed by atoms with Gasteiger partial charge in [0.15, 0.2) is 5.76 Å². The number of likely N-dealkylation sites (tertiary alicyclic amines) is 1. The highest BCUT2D eigenvalue weighted by atomic mass is 16.5. The van der Waals surface area contributed by atoms with Gasteiger partial charge in [0, 0.05) is 12.6 Å². The molecule has 70 valence electrons. The first-order valence-corrected chi connectivity index (χ1v) is 4.21. The molecule has 0 spiro atoms. The molecule has 1 aromatic rings. The summed E-state index contributed by atoms with van der Waals surface area (Å²) in [7, 11) is 0. The lowest BCUT2D eigenvalue weighted by molar-refractivity contribution is -0.129. The van der Waals surface area contributed by atoms with E-state index in [4.69, 9.17) is 10.3 Å². The first-order chi connectivity index (χ1) is 6.27. The molecular formula is C8H11N3O2. The van der Waals surface area contributed by atoms with Crippen LogP contribution in [-0.2, 0) is 11.3 Å². The normalized spacial score (nSPS) is 22.7. The van der Waals surface area contributed by atoms with Crippen LogP contribution < -0.4 is 5.73 Å². The monoisotopic (exact) mass is 181 g/mol. The SMILES string of the molecule is NC1CCN(Cc2ccno2)C1=O. The zero-order valence-corrected chi connectivity index (χ0v) is 7.14. The van der Waals surface area contributed by atoms with Crippen molar-refractivity contribution in [3.05, 3.63) is 18.0 Å². The number of nitrogens with zero attached hydrogens (tertiary/aromatic N) is 2. The average Bonchev–Trinajstić information content (AvgIpc) is 2.71. The van der Waals surface area contributed by atoms with Crippen molar-refractivity contribution in [1.82, 2.24) is 10.1 Å². The molecular weight excluding hydrogens is 170 g/mol. The predicted molar refractivity (Wildman–Crippen MR) is 44.5 cm³/mol. The Labute approximate surface area is 75.5 Å². The molecule has 5 nitrogen and oxygen atoms in total. The lowest BCUT2D eigenvalue weighted by Gasteiger charge is -2.12. The second kappa shape index (κ2) is 3.18. The van der Waals surface area contributed by atoms with E-state index in [9.17, 15) is 4.79 Å². The largest absolute Gasteiger partial charge is 0.360 e. The Hall–Kier alpha value is -1.36. The molecule has 1 fully saturated rings. The van der Waals surface area contributed by atoms with Gasteiger partial charge in [-0.05, 0) is 6.42 Å². The first-order valence-electron chi connectivity index (χ1n) is 4.21. The van der Waals surface area contributed by atoms with Crippen LogP contribution in [0.5, 0.6) is 0 Å². The van der Waals surface area contributed by atoms with Crippen LogP contribution in [0, 0.1) is 0 Å². The molecule has 13 heavy (non-hydrogen) atoms. The molecule has 2 heterocycles. The van der Waals surface area contributed by atoms with E-state index in [0.717, 1.165) is 6.42 Å². The molecule has 1 saturated heterocycles. The number of aromatic nitrogens is 1. The summed E-state index contributed by atoms with van der Waals surface area (Å²) in [6.07, 6.45) is 2.29. The standard InChI is InChI=1S/C8H11N3O2/c9-7-2-4-11(8(7)12)5-6-1-3-10-13-6/h1,3,7H,2,4-5,9H2. The molecule has 0 aliphatic carbocycles. The van der Waals surface area contributed by atoms with E-state index in [-0.39, 0.29) is 11.9 Å². The van der Waals surface area contributed by atoms with Crippen molar-refractivity contribution < 1.29 is 9.32 Å². The van der Waals surface area contributed by atoms with Crippen LogP contribution in [0.25, 0.3) is 0 Å². The Morgan fingerprint density at radius 3 is 3.15 bits per heavy atom. The van der Waals surface area contributed by atoms with Gasteiger partial charge < -0.3 is 15.2 Å². The summed E-state index contributed by atoms with van der Waals surface area (Å²) in [5.41, 5.74) is 5.56. The van der Waals surface area contributed by atoms with E-state index in [1.165, 1.54) is 0 Å². The Morgan fingerprint density at radius 1 is 1.77 bits per heavy atom. The van der Waals surface area contributed by atoms with Crippen molar-refractivity contribution in [3.63, 3.8) is 0 Å². The molecule has 1 atom stereocenters. The van der Waals surface area contributed by atoms with Gasteiger partial charge in [0.1, 0.15) is 0 Å². The Bertz CT molecular complexity index is 296. The van der Waals surface area contributed by atoms with Gasteiger partial charge in [0.05, 0.1) is 18.8 Å². The van der Waals surface area contributed by atoms with Crippen LogP contribution in [0.15, 0.2) is 16.8 Å². The lowest BCUT2D eigenvalue weighted by Crippen LogP contribution is -2.33. The van der Waals surface area contributed by atoms with Gasteiger partial charge in [-0.2, -0.15) is 0 Å². The zero-order valence-electron chi connectivity index (χ0n) is 7.14. The fraction of sp³-hybridized carbons (Fsp3) is 0.500. The second-order valence-corrected chi connectivity index (χ2v) is 3.13. The van der Waals surface area contributed by atoms with Crippen molar-refractivity contribution in [3.8, 4) is 0 Å². The minimum Gasteiger partial charge on any atom is -0.360 e. The van der Waals surface area contributed by atoms with Crippen molar-refractivity contribution in [2.24, 2.45) is 5.73 Å². The third-order valence-corrected chi connectivity index (χ3v) is 2.18. The van der Waals surface area contributed by atoms with Gasteiger partial charge in [-0.1, -0.05) is 5.16 Å². The fourth-order valence-corrected chi connectivity index (χ4v) is 1.43. The third-order valence-electron chi connectivity index (χ3n) is 2.18. The van der Waals surface area contributed by atoms with Gasteiger partial charge in [-0.15, -0.1) is 0 Å². The molecule has 1 amide bonds. The molecule has 0 bridgehead atoms. The number of amides is 1. The number of hydrogen-bond donors (Lipinski definition) is 1. The minimum atomic E-state index is -0.331. The van der Waals surface area contributed by atoms with Gasteiger partial charge in [-0.3, -0.25) is 4.79 Å². The van der Waals surface area contributed by atoms with Crippen LogP contribution >= 0.6 is 0 Å². The molecule has 0 aromatic carbocycles. The maximum Gasteiger partial charge on any atom is 0.239 e. The Balaban J connectivity index is 2.00. The highest BCUT2D eigenvalue weighted by Crippen LogP contribution is 2.12. The van der Waals surface area contributed by atoms with E-state index < -0.39 is 0 Å². The van der Waals surface area contributed by atoms with Crippen molar-refractivity contribution in [2.75, 3.05) is 6.54 Å². The summed E-state index contributed by atoms with van der Waals surface area (Å²) in [6, 6.07) is 1.42. The number of carbonyl (C=O) groups is 1. The average molecular weight is 181 g/mol. The van der Waals surface area contributed by atoms with Crippen LogP contribution in [0.3, 0.4) is 0 Å². The molecule has 1 aliphatic heterocycles. The summed E-state index contributed by atoms with van der Waals surface area (Å²) >= 11 is 0. The number of carbonyl (C=O) groups excluding carboxylic acids is 1. The van der Waals surface area contributed by atoms with E-state index in [2.05, 4.69) is 5.16 Å². The summed E-state index contributed by atoms with van der Waals surface area (Å²) in [5, 5.41) is 3.56. The molecule has 0 radical (unpaired) electrons. The third kappa shape index (κ3) is 1.55. The molecule has 1 unspecified atom stereocenters. The van der Waals surface area contributed by atoms with Crippen LogP contribution in [0.2, 0.25) is 0 Å². The molecule has 2 N–H and O–H groups in total. The molecule has 2 rings (SSSR count). The summed E-state index contributed by atoms with van der Waals surface area (Å²) in [4.78, 5) is 13.1. The minimum absolute atomic E-state index is 0.00333. The number of hydrogen-bond acceptors (Lipinski definition) is 4. The Morgan fingerprint density at radius 2 is 2.62 bits per heavy atom. The van der Waals surface area contributed by atoms with E-state index in [1.807, 2.05) is 0 Å². The summed E-state index contributed by atoms with van der Waals surface area (Å²) in [5.74, 6) is 0.693. The van der Waals surface area contributed by atoms with E-state index in [0.29, 0.717) is 18.8 Å². The predicted octanol–water partition coefficient (Wildman–Crippen LogP) is -0.266. The highest BCUT2D eigenvalue weighted by Gasteiger charge is 2.28. The van der Waals surface area contributed by atoms with Gasteiger partial charge in [0.2, 0.25) is 5.91 Å². The van der Waals surface area contributed by atoms with Crippen molar-refractivity contribution in [1.29, 1.82) is 0 Å². The quantitative estimate of drug-likeness (QED) is 0.682. The maximum atomic E-state index is 11.4. The second-order valence-electron chi connectivity index (χ2n) is 3.13. The smallest absolute Gasteiger partial charge is 0.239 e. The summed E-state index contributed by atoms with van der Waals surface area (Å²) < 4.78 is 4.89. The zero-order chi connectivity index (χ0) is 9.26. The van der Waals surface area contributed by atoms with Crippen LogP contribution in [0.1, 0.15) is 12.2 Å². The van der Waals surface area contributed by atoms with Gasteiger partial charge in [-0.25, -0.2) is 0 Å². The number of rotatable bonds is 2. The lowest BCUT2D eigenvalue weighted by atomic mass is 10.3. The topological polar surface area (TPSA) is 72.4 Å². The van der Waals surface area contributed by atoms with Crippen molar-refractivity contribution in [2.45, 2.75) is 19.0 Å². The van der Waals surface area contributed by atoms with Crippen LogP contribution in [-0.4, -0.2) is 28.6 Å². The first kappa shape index (κ1) is 8.25. The fourth-order valence-electron chi connectivity index (χ4n) is 1.43. The number of nitrogens with two attached hydrogens (primary N) is 1. The summed E-state index contributed by atoms with van der Waals surface area (Å²) in [6.45, 7) is 1.19. The highest BCUT2D eigenvalue weighted by molar-refractivity contribution is 5.83. The molecule has 1 aliphatic rings. The maximum absolute atomic E-state index is 11.4. The van der Waals surface area contributed by atoms with E-state index >= 15 is 0 Å². The van der Waals surface area contributed by atoms with Gasteiger partial charge in [0.25, 0.3) is 0 Å².